The first-order chi connectivity index (χ1) is 9.81. The lowest BCUT2D eigenvalue weighted by Crippen LogP contribution is -2.60. The molecule has 5 heteroatoms. The fraction of sp³-hybridized carbons (Fsp3) is 0.500. The molecule has 1 unspecified atom stereocenters. The molecule has 0 aliphatic carbocycles. The summed E-state index contributed by atoms with van der Waals surface area (Å²) in [6.07, 6.45) is 0. The Bertz CT molecular complexity index is 567. The first-order valence-corrected chi connectivity index (χ1v) is 7.20. The van der Waals surface area contributed by atoms with Crippen LogP contribution < -0.4 is 15.1 Å². The SMILES string of the molecule is Cc1ccc(N2CC(=O)NC(C(C)C)C2=O)cc1N(C)C. The predicted octanol–water partition coefficient (Wildman–Crippen LogP) is 1.55. The molecule has 1 aliphatic rings. The zero-order valence-electron chi connectivity index (χ0n) is 13.3. The number of nitrogens with zero attached hydrogens (tertiary/aromatic N) is 2. The summed E-state index contributed by atoms with van der Waals surface area (Å²) in [4.78, 5) is 28.0. The second-order valence-electron chi connectivity index (χ2n) is 6.08. The smallest absolute Gasteiger partial charge is 0.250 e. The van der Waals surface area contributed by atoms with Crippen molar-refractivity contribution in [3.8, 4) is 0 Å². The monoisotopic (exact) mass is 289 g/mol. The van der Waals surface area contributed by atoms with E-state index < -0.39 is 6.04 Å². The van der Waals surface area contributed by atoms with Crippen molar-refractivity contribution in [1.29, 1.82) is 0 Å². The molecule has 21 heavy (non-hydrogen) atoms. The molecule has 2 amide bonds. The Morgan fingerprint density at radius 3 is 2.52 bits per heavy atom. The zero-order chi connectivity index (χ0) is 15.7. The molecule has 1 aromatic rings. The van der Waals surface area contributed by atoms with Crippen LogP contribution in [0.1, 0.15) is 19.4 Å². The average Bonchev–Trinajstić information content (AvgIpc) is 2.41. The standard InChI is InChI=1S/C16H23N3O2/c1-10(2)15-16(21)19(9-14(20)17-15)12-7-6-11(3)13(8-12)18(4)5/h6-8,10,15H,9H2,1-5H3,(H,17,20). The highest BCUT2D eigenvalue weighted by Crippen LogP contribution is 2.27. The number of hydrogen-bond donors (Lipinski definition) is 1. The molecular weight excluding hydrogens is 266 g/mol. The number of anilines is 2. The number of carbonyl (C=O) groups excluding carboxylic acids is 2. The Hall–Kier alpha value is -2.04. The largest absolute Gasteiger partial charge is 0.377 e. The van der Waals surface area contributed by atoms with Crippen LogP contribution in [0, 0.1) is 12.8 Å². The molecule has 114 valence electrons. The van der Waals surface area contributed by atoms with Gasteiger partial charge in [0.1, 0.15) is 12.6 Å². The van der Waals surface area contributed by atoms with Crippen molar-refractivity contribution in [3.05, 3.63) is 23.8 Å². The van der Waals surface area contributed by atoms with Gasteiger partial charge in [0, 0.05) is 25.5 Å². The lowest BCUT2D eigenvalue weighted by Gasteiger charge is -2.34. The van der Waals surface area contributed by atoms with Crippen LogP contribution >= 0.6 is 0 Å². The van der Waals surface area contributed by atoms with Crippen LogP contribution in [-0.4, -0.2) is 38.5 Å². The van der Waals surface area contributed by atoms with Crippen LogP contribution in [0.15, 0.2) is 18.2 Å². The van der Waals surface area contributed by atoms with Crippen molar-refractivity contribution in [2.24, 2.45) is 5.92 Å². The van der Waals surface area contributed by atoms with Crippen molar-refractivity contribution in [2.45, 2.75) is 26.8 Å². The van der Waals surface area contributed by atoms with Crippen LogP contribution in [0.4, 0.5) is 11.4 Å². The Labute approximate surface area is 125 Å². The van der Waals surface area contributed by atoms with Gasteiger partial charge in [-0.2, -0.15) is 0 Å². The molecule has 0 bridgehead atoms. The maximum absolute atomic E-state index is 12.6. The van der Waals surface area contributed by atoms with Crippen molar-refractivity contribution < 1.29 is 9.59 Å². The summed E-state index contributed by atoms with van der Waals surface area (Å²) < 4.78 is 0. The highest BCUT2D eigenvalue weighted by molar-refractivity contribution is 6.06. The van der Waals surface area contributed by atoms with E-state index in [0.29, 0.717) is 0 Å². The van der Waals surface area contributed by atoms with Gasteiger partial charge in [-0.3, -0.25) is 9.59 Å². The van der Waals surface area contributed by atoms with E-state index in [1.807, 2.05) is 58.0 Å². The molecule has 5 nitrogen and oxygen atoms in total. The number of rotatable bonds is 3. The Balaban J connectivity index is 2.38. The number of nitrogens with one attached hydrogen (secondary N) is 1. The normalized spacial score (nSPS) is 19.0. The molecule has 1 aliphatic heterocycles. The molecule has 1 saturated heterocycles. The van der Waals surface area contributed by atoms with E-state index in [-0.39, 0.29) is 24.3 Å². The summed E-state index contributed by atoms with van der Waals surface area (Å²) in [5.41, 5.74) is 2.96. The van der Waals surface area contributed by atoms with E-state index in [1.165, 1.54) is 0 Å². The van der Waals surface area contributed by atoms with Crippen LogP contribution in [0.25, 0.3) is 0 Å². The maximum atomic E-state index is 12.6. The van der Waals surface area contributed by atoms with E-state index in [1.54, 1.807) is 4.90 Å². The number of carbonyl (C=O) groups is 2. The van der Waals surface area contributed by atoms with Crippen LogP contribution in [0.5, 0.6) is 0 Å². The minimum atomic E-state index is -0.449. The molecule has 2 rings (SSSR count). The van der Waals surface area contributed by atoms with Crippen LogP contribution in [0.2, 0.25) is 0 Å². The van der Waals surface area contributed by atoms with E-state index in [4.69, 9.17) is 0 Å². The van der Waals surface area contributed by atoms with Crippen LogP contribution in [0.3, 0.4) is 0 Å². The van der Waals surface area contributed by atoms with Gasteiger partial charge >= 0.3 is 0 Å². The van der Waals surface area contributed by atoms with Gasteiger partial charge < -0.3 is 15.1 Å². The Morgan fingerprint density at radius 2 is 1.95 bits per heavy atom. The van der Waals surface area contributed by atoms with E-state index in [2.05, 4.69) is 5.32 Å². The summed E-state index contributed by atoms with van der Waals surface area (Å²) in [5.74, 6) is -0.0820. The predicted molar refractivity (Wildman–Crippen MR) is 84.6 cm³/mol. The molecule has 0 spiro atoms. The molecule has 1 N–H and O–H groups in total. The van der Waals surface area contributed by atoms with Gasteiger partial charge in [-0.05, 0) is 30.5 Å². The third kappa shape index (κ3) is 3.01. The number of aryl methyl sites for hydroxylation is 1. The fourth-order valence-corrected chi connectivity index (χ4v) is 2.59. The second kappa shape index (κ2) is 5.76. The van der Waals surface area contributed by atoms with Gasteiger partial charge in [-0.25, -0.2) is 0 Å². The summed E-state index contributed by atoms with van der Waals surface area (Å²) in [5, 5.41) is 2.77. The minimum Gasteiger partial charge on any atom is -0.377 e. The Kier molecular flexibility index (Phi) is 4.21. The minimum absolute atomic E-state index is 0.0434. The summed E-state index contributed by atoms with van der Waals surface area (Å²) in [7, 11) is 3.93. The number of hydrogen-bond acceptors (Lipinski definition) is 3. The van der Waals surface area contributed by atoms with Crippen LogP contribution in [-0.2, 0) is 9.59 Å². The van der Waals surface area contributed by atoms with E-state index >= 15 is 0 Å². The van der Waals surface area contributed by atoms with E-state index in [9.17, 15) is 9.59 Å². The average molecular weight is 289 g/mol. The lowest BCUT2D eigenvalue weighted by molar-refractivity contribution is -0.132. The first-order valence-electron chi connectivity index (χ1n) is 7.20. The lowest BCUT2D eigenvalue weighted by atomic mass is 10.00. The molecule has 1 heterocycles. The summed E-state index contributed by atoms with van der Waals surface area (Å²) >= 11 is 0. The molecule has 1 aromatic carbocycles. The second-order valence-corrected chi connectivity index (χ2v) is 6.08. The van der Waals surface area contributed by atoms with E-state index in [0.717, 1.165) is 16.9 Å². The number of amides is 2. The maximum Gasteiger partial charge on any atom is 0.250 e. The first kappa shape index (κ1) is 15.4. The van der Waals surface area contributed by atoms with Crippen molar-refractivity contribution in [1.82, 2.24) is 5.32 Å². The third-order valence-electron chi connectivity index (χ3n) is 3.80. The fourth-order valence-electron chi connectivity index (χ4n) is 2.59. The summed E-state index contributed by atoms with van der Waals surface area (Å²) in [6.45, 7) is 5.98. The highest BCUT2D eigenvalue weighted by Gasteiger charge is 2.35. The Morgan fingerprint density at radius 1 is 1.29 bits per heavy atom. The molecule has 0 radical (unpaired) electrons. The van der Waals surface area contributed by atoms with Crippen molar-refractivity contribution >= 4 is 23.2 Å². The number of piperazine rings is 1. The van der Waals surface area contributed by atoms with Gasteiger partial charge in [0.15, 0.2) is 0 Å². The molecule has 0 aromatic heterocycles. The van der Waals surface area contributed by atoms with Gasteiger partial charge in [0.2, 0.25) is 11.8 Å². The van der Waals surface area contributed by atoms with Gasteiger partial charge in [0.05, 0.1) is 0 Å². The van der Waals surface area contributed by atoms with Gasteiger partial charge in [-0.1, -0.05) is 19.9 Å². The topological polar surface area (TPSA) is 52.7 Å². The molecule has 1 fully saturated rings. The van der Waals surface area contributed by atoms with Crippen molar-refractivity contribution in [3.63, 3.8) is 0 Å². The third-order valence-corrected chi connectivity index (χ3v) is 3.80. The zero-order valence-corrected chi connectivity index (χ0v) is 13.3. The van der Waals surface area contributed by atoms with Gasteiger partial charge in [0.25, 0.3) is 0 Å². The molecule has 1 atom stereocenters. The van der Waals surface area contributed by atoms with Gasteiger partial charge in [-0.15, -0.1) is 0 Å². The van der Waals surface area contributed by atoms with Crippen molar-refractivity contribution in [2.75, 3.05) is 30.4 Å². The number of benzene rings is 1. The summed E-state index contributed by atoms with van der Waals surface area (Å²) in [6, 6.07) is 5.39. The molecular formula is C16H23N3O2. The highest BCUT2D eigenvalue weighted by atomic mass is 16.2. The molecule has 0 saturated carbocycles. The quantitative estimate of drug-likeness (QED) is 0.918.